The molecule has 0 spiro atoms. The van der Waals surface area contributed by atoms with Crippen LogP contribution in [0.2, 0.25) is 5.02 Å². The molecule has 66 valence electrons. The number of halogens is 1. The van der Waals surface area contributed by atoms with Gasteiger partial charge in [-0.3, -0.25) is 9.67 Å². The predicted molar refractivity (Wildman–Crippen MR) is 51.4 cm³/mol. The standard InChI is InChI=1S/C9H8ClN3/c1-13-9(3-5-12-13)8-6-7(10)2-4-11-8/h2-6H,1H3. The van der Waals surface area contributed by atoms with Crippen LogP contribution in [0.4, 0.5) is 0 Å². The second-order valence-corrected chi connectivity index (χ2v) is 3.14. The van der Waals surface area contributed by atoms with E-state index in [4.69, 9.17) is 11.6 Å². The van der Waals surface area contributed by atoms with E-state index >= 15 is 0 Å². The molecule has 4 heteroatoms. The summed E-state index contributed by atoms with van der Waals surface area (Å²) in [5, 5.41) is 4.74. The molecular weight excluding hydrogens is 186 g/mol. The second-order valence-electron chi connectivity index (χ2n) is 2.70. The van der Waals surface area contributed by atoms with E-state index in [0.717, 1.165) is 11.4 Å². The first-order chi connectivity index (χ1) is 6.27. The average molecular weight is 194 g/mol. The zero-order valence-corrected chi connectivity index (χ0v) is 7.86. The molecule has 0 aliphatic carbocycles. The second kappa shape index (κ2) is 3.18. The van der Waals surface area contributed by atoms with Crippen molar-refractivity contribution < 1.29 is 0 Å². The average Bonchev–Trinajstić information content (AvgIpc) is 2.51. The first-order valence-electron chi connectivity index (χ1n) is 3.87. The van der Waals surface area contributed by atoms with Crippen LogP contribution in [0.3, 0.4) is 0 Å². The van der Waals surface area contributed by atoms with Gasteiger partial charge in [0.2, 0.25) is 0 Å². The van der Waals surface area contributed by atoms with Crippen LogP contribution < -0.4 is 0 Å². The van der Waals surface area contributed by atoms with Crippen LogP contribution in [0.15, 0.2) is 30.6 Å². The number of hydrogen-bond donors (Lipinski definition) is 0. The number of aromatic nitrogens is 3. The molecule has 0 N–H and O–H groups in total. The predicted octanol–water partition coefficient (Wildman–Crippen LogP) is 2.14. The quantitative estimate of drug-likeness (QED) is 0.695. The molecule has 0 amide bonds. The third-order valence-electron chi connectivity index (χ3n) is 1.81. The molecule has 2 aromatic heterocycles. The van der Waals surface area contributed by atoms with E-state index in [-0.39, 0.29) is 0 Å². The minimum Gasteiger partial charge on any atom is -0.266 e. The highest BCUT2D eigenvalue weighted by Gasteiger charge is 2.03. The lowest BCUT2D eigenvalue weighted by Gasteiger charge is -2.00. The Kier molecular flexibility index (Phi) is 2.02. The molecule has 2 rings (SSSR count). The Morgan fingerprint density at radius 3 is 2.77 bits per heavy atom. The van der Waals surface area contributed by atoms with Crippen LogP contribution in [-0.4, -0.2) is 14.8 Å². The minimum atomic E-state index is 0.686. The van der Waals surface area contributed by atoms with Crippen molar-refractivity contribution in [3.63, 3.8) is 0 Å². The summed E-state index contributed by atoms with van der Waals surface area (Å²) in [5.41, 5.74) is 1.80. The van der Waals surface area contributed by atoms with E-state index in [1.807, 2.05) is 19.2 Å². The lowest BCUT2D eigenvalue weighted by atomic mass is 10.3. The normalized spacial score (nSPS) is 10.3. The van der Waals surface area contributed by atoms with E-state index in [1.165, 1.54) is 0 Å². The first-order valence-corrected chi connectivity index (χ1v) is 4.25. The van der Waals surface area contributed by atoms with Gasteiger partial charge in [0.15, 0.2) is 0 Å². The molecular formula is C9H8ClN3. The SMILES string of the molecule is Cn1nccc1-c1cc(Cl)ccn1. The molecule has 0 aliphatic rings. The van der Waals surface area contributed by atoms with Gasteiger partial charge in [0, 0.05) is 24.5 Å². The van der Waals surface area contributed by atoms with Gasteiger partial charge in [-0.2, -0.15) is 5.10 Å². The van der Waals surface area contributed by atoms with Crippen LogP contribution in [0.25, 0.3) is 11.4 Å². The van der Waals surface area contributed by atoms with Crippen molar-refractivity contribution in [3.8, 4) is 11.4 Å². The van der Waals surface area contributed by atoms with E-state index < -0.39 is 0 Å². The molecule has 0 saturated carbocycles. The summed E-state index contributed by atoms with van der Waals surface area (Å²) in [5.74, 6) is 0. The molecule has 0 aromatic carbocycles. The van der Waals surface area contributed by atoms with Crippen molar-refractivity contribution >= 4 is 11.6 Å². The Labute approximate surface area is 81.0 Å². The minimum absolute atomic E-state index is 0.686. The highest BCUT2D eigenvalue weighted by Crippen LogP contribution is 2.18. The maximum atomic E-state index is 5.84. The summed E-state index contributed by atoms with van der Waals surface area (Å²) in [4.78, 5) is 4.20. The fourth-order valence-electron chi connectivity index (χ4n) is 1.17. The molecule has 0 atom stereocenters. The maximum Gasteiger partial charge on any atom is 0.0897 e. The Balaban J connectivity index is 2.53. The number of nitrogens with zero attached hydrogens (tertiary/aromatic N) is 3. The lowest BCUT2D eigenvalue weighted by Crippen LogP contribution is -1.94. The molecule has 0 saturated heterocycles. The van der Waals surface area contributed by atoms with Crippen molar-refractivity contribution in [2.24, 2.45) is 7.05 Å². The summed E-state index contributed by atoms with van der Waals surface area (Å²) in [6.45, 7) is 0. The molecule has 2 aromatic rings. The monoisotopic (exact) mass is 193 g/mol. The van der Waals surface area contributed by atoms with Gasteiger partial charge in [-0.25, -0.2) is 0 Å². The summed E-state index contributed by atoms with van der Waals surface area (Å²) in [6, 6.07) is 5.47. The van der Waals surface area contributed by atoms with Crippen LogP contribution >= 0.6 is 11.6 Å². The van der Waals surface area contributed by atoms with Crippen LogP contribution in [0, 0.1) is 0 Å². The van der Waals surface area contributed by atoms with Crippen LogP contribution in [-0.2, 0) is 7.05 Å². The van der Waals surface area contributed by atoms with Gasteiger partial charge in [-0.1, -0.05) is 11.6 Å². The third kappa shape index (κ3) is 1.55. The van der Waals surface area contributed by atoms with E-state index in [1.54, 1.807) is 23.1 Å². The van der Waals surface area contributed by atoms with Crippen molar-refractivity contribution in [2.75, 3.05) is 0 Å². The number of aryl methyl sites for hydroxylation is 1. The van der Waals surface area contributed by atoms with Crippen LogP contribution in [0.1, 0.15) is 0 Å². The van der Waals surface area contributed by atoms with Gasteiger partial charge >= 0.3 is 0 Å². The van der Waals surface area contributed by atoms with Gasteiger partial charge in [-0.05, 0) is 18.2 Å². The molecule has 2 heterocycles. The molecule has 3 nitrogen and oxygen atoms in total. The zero-order valence-electron chi connectivity index (χ0n) is 7.11. The van der Waals surface area contributed by atoms with Gasteiger partial charge < -0.3 is 0 Å². The van der Waals surface area contributed by atoms with Crippen molar-refractivity contribution in [1.82, 2.24) is 14.8 Å². The highest BCUT2D eigenvalue weighted by molar-refractivity contribution is 6.30. The molecule has 0 bridgehead atoms. The summed E-state index contributed by atoms with van der Waals surface area (Å²) in [7, 11) is 1.87. The van der Waals surface area contributed by atoms with Gasteiger partial charge in [0.1, 0.15) is 0 Å². The van der Waals surface area contributed by atoms with Crippen molar-refractivity contribution in [1.29, 1.82) is 0 Å². The lowest BCUT2D eigenvalue weighted by molar-refractivity contribution is 0.773. The highest BCUT2D eigenvalue weighted by atomic mass is 35.5. The van der Waals surface area contributed by atoms with Crippen LogP contribution in [0.5, 0.6) is 0 Å². The number of hydrogen-bond acceptors (Lipinski definition) is 2. The Morgan fingerprint density at radius 2 is 2.15 bits per heavy atom. The third-order valence-corrected chi connectivity index (χ3v) is 2.04. The van der Waals surface area contributed by atoms with Gasteiger partial charge in [0.25, 0.3) is 0 Å². The van der Waals surface area contributed by atoms with E-state index in [2.05, 4.69) is 10.1 Å². The fourth-order valence-corrected chi connectivity index (χ4v) is 1.33. The molecule has 0 radical (unpaired) electrons. The zero-order chi connectivity index (χ0) is 9.26. The molecule has 0 aliphatic heterocycles. The maximum absolute atomic E-state index is 5.84. The van der Waals surface area contributed by atoms with Crippen molar-refractivity contribution in [2.45, 2.75) is 0 Å². The largest absolute Gasteiger partial charge is 0.266 e. The smallest absolute Gasteiger partial charge is 0.0897 e. The fraction of sp³-hybridized carbons (Fsp3) is 0.111. The summed E-state index contributed by atoms with van der Waals surface area (Å²) in [6.07, 6.45) is 3.42. The topological polar surface area (TPSA) is 30.7 Å². The molecule has 0 fully saturated rings. The Hall–Kier alpha value is -1.35. The molecule has 13 heavy (non-hydrogen) atoms. The summed E-state index contributed by atoms with van der Waals surface area (Å²) < 4.78 is 1.76. The van der Waals surface area contributed by atoms with E-state index in [0.29, 0.717) is 5.02 Å². The first kappa shape index (κ1) is 8.26. The van der Waals surface area contributed by atoms with Crippen molar-refractivity contribution in [3.05, 3.63) is 35.6 Å². The van der Waals surface area contributed by atoms with Gasteiger partial charge in [-0.15, -0.1) is 0 Å². The Bertz CT molecular complexity index is 422. The number of rotatable bonds is 1. The molecule has 0 unspecified atom stereocenters. The number of pyridine rings is 1. The van der Waals surface area contributed by atoms with Gasteiger partial charge in [0.05, 0.1) is 11.4 Å². The van der Waals surface area contributed by atoms with E-state index in [9.17, 15) is 0 Å². The Morgan fingerprint density at radius 1 is 1.31 bits per heavy atom. The summed E-state index contributed by atoms with van der Waals surface area (Å²) >= 11 is 5.84.